The number of hydrogen-bond acceptors (Lipinski definition) is 4. The van der Waals surface area contributed by atoms with Crippen LogP contribution in [0.25, 0.3) is 0 Å². The molecule has 5 heteroatoms. The van der Waals surface area contributed by atoms with Crippen LogP contribution in [0.4, 0.5) is 0 Å². The molecule has 106 valence electrons. The van der Waals surface area contributed by atoms with E-state index in [9.17, 15) is 4.79 Å². The van der Waals surface area contributed by atoms with Crippen LogP contribution in [-0.4, -0.2) is 60.7 Å². The van der Waals surface area contributed by atoms with Crippen LogP contribution in [0.15, 0.2) is 0 Å². The van der Waals surface area contributed by atoms with E-state index in [0.717, 1.165) is 44.8 Å². The van der Waals surface area contributed by atoms with Gasteiger partial charge in [-0.15, -0.1) is 0 Å². The third kappa shape index (κ3) is 6.61. The summed E-state index contributed by atoms with van der Waals surface area (Å²) in [5.41, 5.74) is 0. The van der Waals surface area contributed by atoms with Crippen molar-refractivity contribution >= 4 is 17.7 Å². The van der Waals surface area contributed by atoms with Gasteiger partial charge >= 0.3 is 0 Å². The van der Waals surface area contributed by atoms with Gasteiger partial charge in [0, 0.05) is 31.9 Å². The van der Waals surface area contributed by atoms with Gasteiger partial charge in [-0.25, -0.2) is 0 Å². The standard InChI is InChI=1S/C13H26N2O2S/c1-18-9-5-13(17)14-6-3-8-15-7-2-4-12(10-15)11-16/h12,16H,2-11H2,1H3,(H,14,17). The number of aliphatic hydroxyl groups excluding tert-OH is 1. The second-order valence-corrected chi connectivity index (χ2v) is 5.92. The first kappa shape index (κ1) is 15.8. The van der Waals surface area contributed by atoms with Crippen molar-refractivity contribution in [2.45, 2.75) is 25.7 Å². The van der Waals surface area contributed by atoms with Crippen molar-refractivity contribution in [3.05, 3.63) is 0 Å². The van der Waals surface area contributed by atoms with Gasteiger partial charge in [-0.2, -0.15) is 11.8 Å². The van der Waals surface area contributed by atoms with Crippen molar-refractivity contribution < 1.29 is 9.90 Å². The van der Waals surface area contributed by atoms with Crippen LogP contribution in [0.2, 0.25) is 0 Å². The maximum atomic E-state index is 11.4. The SMILES string of the molecule is CSCCC(=O)NCCCN1CCCC(CO)C1. The Hall–Kier alpha value is -0.260. The third-order valence-corrected chi connectivity index (χ3v) is 3.98. The molecule has 1 heterocycles. The first-order chi connectivity index (χ1) is 8.76. The maximum absolute atomic E-state index is 11.4. The molecule has 0 saturated carbocycles. The summed E-state index contributed by atoms with van der Waals surface area (Å²) < 4.78 is 0. The first-order valence-electron chi connectivity index (χ1n) is 6.85. The van der Waals surface area contributed by atoms with E-state index in [1.807, 2.05) is 6.26 Å². The van der Waals surface area contributed by atoms with Gasteiger partial charge in [-0.3, -0.25) is 4.79 Å². The van der Waals surface area contributed by atoms with Crippen molar-refractivity contribution in [3.63, 3.8) is 0 Å². The number of rotatable bonds is 8. The lowest BCUT2D eigenvalue weighted by molar-refractivity contribution is -0.120. The summed E-state index contributed by atoms with van der Waals surface area (Å²) in [5.74, 6) is 1.52. The number of aliphatic hydroxyl groups is 1. The average molecular weight is 274 g/mol. The van der Waals surface area contributed by atoms with Crippen molar-refractivity contribution in [1.29, 1.82) is 0 Å². The number of carbonyl (C=O) groups excluding carboxylic acids is 1. The molecule has 1 atom stereocenters. The highest BCUT2D eigenvalue weighted by Crippen LogP contribution is 2.15. The zero-order valence-electron chi connectivity index (χ0n) is 11.4. The van der Waals surface area contributed by atoms with Gasteiger partial charge in [0.15, 0.2) is 0 Å². The normalized spacial score (nSPS) is 20.9. The maximum Gasteiger partial charge on any atom is 0.220 e. The van der Waals surface area contributed by atoms with Crippen LogP contribution in [0.3, 0.4) is 0 Å². The molecule has 0 aromatic heterocycles. The van der Waals surface area contributed by atoms with Crippen LogP contribution < -0.4 is 5.32 Å². The summed E-state index contributed by atoms with van der Waals surface area (Å²) in [6, 6.07) is 0. The van der Waals surface area contributed by atoms with Gasteiger partial charge in [-0.05, 0) is 44.5 Å². The number of likely N-dealkylation sites (tertiary alicyclic amines) is 1. The van der Waals surface area contributed by atoms with Crippen LogP contribution in [0, 0.1) is 5.92 Å². The molecule has 0 aliphatic carbocycles. The molecule has 1 aliphatic rings. The number of piperidine rings is 1. The second-order valence-electron chi connectivity index (χ2n) is 4.94. The fourth-order valence-electron chi connectivity index (χ4n) is 2.32. The number of carbonyl (C=O) groups is 1. The average Bonchev–Trinajstić information content (AvgIpc) is 2.41. The van der Waals surface area contributed by atoms with Gasteiger partial charge in [-0.1, -0.05) is 0 Å². The predicted molar refractivity (Wildman–Crippen MR) is 76.9 cm³/mol. The Morgan fingerprint density at radius 3 is 3.11 bits per heavy atom. The molecular formula is C13H26N2O2S. The van der Waals surface area contributed by atoms with Gasteiger partial charge in [0.05, 0.1) is 0 Å². The predicted octanol–water partition coefficient (Wildman–Crippen LogP) is 0.950. The van der Waals surface area contributed by atoms with E-state index in [4.69, 9.17) is 5.11 Å². The topological polar surface area (TPSA) is 52.6 Å². The van der Waals surface area contributed by atoms with E-state index < -0.39 is 0 Å². The lowest BCUT2D eigenvalue weighted by Crippen LogP contribution is -2.38. The van der Waals surface area contributed by atoms with E-state index in [-0.39, 0.29) is 5.91 Å². The molecule has 1 amide bonds. The molecule has 1 fully saturated rings. The summed E-state index contributed by atoms with van der Waals surface area (Å²) in [5, 5.41) is 12.1. The number of thioether (sulfide) groups is 1. The largest absolute Gasteiger partial charge is 0.396 e. The summed E-state index contributed by atoms with van der Waals surface area (Å²) in [7, 11) is 0. The highest BCUT2D eigenvalue weighted by Gasteiger charge is 2.18. The Bertz CT molecular complexity index is 239. The van der Waals surface area contributed by atoms with Crippen LogP contribution in [0.5, 0.6) is 0 Å². The zero-order valence-corrected chi connectivity index (χ0v) is 12.2. The molecule has 1 rings (SSSR count). The van der Waals surface area contributed by atoms with Crippen molar-refractivity contribution in [2.24, 2.45) is 5.92 Å². The van der Waals surface area contributed by atoms with Crippen molar-refractivity contribution in [2.75, 3.05) is 44.8 Å². The smallest absolute Gasteiger partial charge is 0.220 e. The molecular weight excluding hydrogens is 248 g/mol. The van der Waals surface area contributed by atoms with Gasteiger partial charge in [0.1, 0.15) is 0 Å². The van der Waals surface area contributed by atoms with Crippen LogP contribution >= 0.6 is 11.8 Å². The molecule has 18 heavy (non-hydrogen) atoms. The Kier molecular flexibility index (Phi) is 8.46. The Labute approximate surface area is 115 Å². The monoisotopic (exact) mass is 274 g/mol. The molecule has 0 aromatic rings. The number of nitrogens with zero attached hydrogens (tertiary/aromatic N) is 1. The van der Waals surface area contributed by atoms with Crippen LogP contribution in [-0.2, 0) is 4.79 Å². The van der Waals surface area contributed by atoms with Crippen molar-refractivity contribution in [3.8, 4) is 0 Å². The molecule has 1 saturated heterocycles. The van der Waals surface area contributed by atoms with E-state index in [1.165, 1.54) is 6.42 Å². The van der Waals surface area contributed by atoms with E-state index >= 15 is 0 Å². The summed E-state index contributed by atoms with van der Waals surface area (Å²) in [6.07, 6.45) is 5.98. The first-order valence-corrected chi connectivity index (χ1v) is 8.24. The highest BCUT2D eigenvalue weighted by molar-refractivity contribution is 7.98. The lowest BCUT2D eigenvalue weighted by Gasteiger charge is -2.31. The highest BCUT2D eigenvalue weighted by atomic mass is 32.2. The number of amides is 1. The Morgan fingerprint density at radius 1 is 1.56 bits per heavy atom. The van der Waals surface area contributed by atoms with Crippen molar-refractivity contribution in [1.82, 2.24) is 10.2 Å². The summed E-state index contributed by atoms with van der Waals surface area (Å²) >= 11 is 1.70. The minimum absolute atomic E-state index is 0.163. The third-order valence-electron chi connectivity index (χ3n) is 3.37. The Morgan fingerprint density at radius 2 is 2.39 bits per heavy atom. The van der Waals surface area contributed by atoms with Gasteiger partial charge < -0.3 is 15.3 Å². The molecule has 2 N–H and O–H groups in total. The molecule has 0 aromatic carbocycles. The Balaban J connectivity index is 2.01. The summed E-state index contributed by atoms with van der Waals surface area (Å²) in [6.45, 7) is 4.25. The van der Waals surface area contributed by atoms with E-state index in [0.29, 0.717) is 18.9 Å². The fraction of sp³-hybridized carbons (Fsp3) is 0.923. The molecule has 0 spiro atoms. The zero-order chi connectivity index (χ0) is 13.2. The van der Waals surface area contributed by atoms with E-state index in [1.54, 1.807) is 11.8 Å². The van der Waals surface area contributed by atoms with Gasteiger partial charge in [0.2, 0.25) is 5.91 Å². The van der Waals surface area contributed by atoms with Crippen LogP contribution in [0.1, 0.15) is 25.7 Å². The van der Waals surface area contributed by atoms with E-state index in [2.05, 4.69) is 10.2 Å². The molecule has 0 radical (unpaired) electrons. The minimum Gasteiger partial charge on any atom is -0.396 e. The fourth-order valence-corrected chi connectivity index (χ4v) is 2.71. The molecule has 1 unspecified atom stereocenters. The number of hydrogen-bond donors (Lipinski definition) is 2. The summed E-state index contributed by atoms with van der Waals surface area (Å²) in [4.78, 5) is 13.8. The molecule has 0 bridgehead atoms. The quantitative estimate of drug-likeness (QED) is 0.647. The second kappa shape index (κ2) is 9.64. The molecule has 4 nitrogen and oxygen atoms in total. The minimum atomic E-state index is 0.163. The lowest BCUT2D eigenvalue weighted by atomic mass is 9.99. The van der Waals surface area contributed by atoms with Gasteiger partial charge in [0.25, 0.3) is 0 Å². The number of nitrogens with one attached hydrogen (secondary N) is 1. The molecule has 1 aliphatic heterocycles.